The fourth-order valence-electron chi connectivity index (χ4n) is 2.80. The Balaban J connectivity index is 1.61. The first-order chi connectivity index (χ1) is 10.6. The first-order valence-electron chi connectivity index (χ1n) is 7.74. The molecule has 1 fully saturated rings. The van der Waals surface area contributed by atoms with E-state index < -0.39 is 0 Å². The van der Waals surface area contributed by atoms with Gasteiger partial charge in [-0.1, -0.05) is 42.6 Å². The van der Waals surface area contributed by atoms with Gasteiger partial charge in [0.15, 0.2) is 5.16 Å². The molecule has 2 aromatic rings. The largest absolute Gasteiger partial charge is 0.352 e. The lowest BCUT2D eigenvalue weighted by Crippen LogP contribution is -2.40. The van der Waals surface area contributed by atoms with Gasteiger partial charge < -0.3 is 10.3 Å². The lowest BCUT2D eigenvalue weighted by atomic mass is 9.95. The van der Waals surface area contributed by atoms with Crippen molar-refractivity contribution in [2.45, 2.75) is 55.5 Å². The van der Waals surface area contributed by atoms with Crippen LogP contribution in [0.2, 0.25) is 5.02 Å². The highest BCUT2D eigenvalue weighted by molar-refractivity contribution is 8.00. The summed E-state index contributed by atoms with van der Waals surface area (Å²) in [5.41, 5.74) is 1.77. The number of carbonyl (C=O) groups is 1. The molecule has 0 radical (unpaired) electrons. The van der Waals surface area contributed by atoms with Crippen molar-refractivity contribution in [3.8, 4) is 0 Å². The van der Waals surface area contributed by atoms with Crippen molar-refractivity contribution < 1.29 is 4.79 Å². The molecule has 1 atom stereocenters. The predicted octanol–water partition coefficient (Wildman–Crippen LogP) is 4.15. The van der Waals surface area contributed by atoms with Crippen LogP contribution in [0.1, 0.15) is 39.0 Å². The summed E-state index contributed by atoms with van der Waals surface area (Å²) in [7, 11) is 0. The SMILES string of the molecule is CC(Sc1nc2ccc(Cl)cc2[nH]1)C(=O)NC1CCCCC1. The molecule has 22 heavy (non-hydrogen) atoms. The van der Waals surface area contributed by atoms with Crippen molar-refractivity contribution in [1.29, 1.82) is 0 Å². The molecule has 0 bridgehead atoms. The topological polar surface area (TPSA) is 57.8 Å². The van der Waals surface area contributed by atoms with Crippen LogP contribution in [0.5, 0.6) is 0 Å². The van der Waals surface area contributed by atoms with Gasteiger partial charge in [-0.15, -0.1) is 0 Å². The minimum Gasteiger partial charge on any atom is -0.352 e. The Bertz CT molecular complexity index is 666. The number of benzene rings is 1. The first-order valence-corrected chi connectivity index (χ1v) is 9.00. The number of aromatic amines is 1. The number of halogens is 1. The zero-order chi connectivity index (χ0) is 15.5. The maximum atomic E-state index is 12.3. The number of carbonyl (C=O) groups excluding carboxylic acids is 1. The molecule has 4 nitrogen and oxygen atoms in total. The van der Waals surface area contributed by atoms with E-state index in [1.807, 2.05) is 25.1 Å². The van der Waals surface area contributed by atoms with Gasteiger partial charge in [-0.05, 0) is 38.0 Å². The van der Waals surface area contributed by atoms with Crippen LogP contribution < -0.4 is 5.32 Å². The molecule has 0 saturated heterocycles. The van der Waals surface area contributed by atoms with E-state index in [1.165, 1.54) is 31.0 Å². The van der Waals surface area contributed by atoms with Crippen molar-refractivity contribution in [3.63, 3.8) is 0 Å². The first kappa shape index (κ1) is 15.7. The molecule has 1 aromatic carbocycles. The maximum absolute atomic E-state index is 12.3. The Morgan fingerprint density at radius 3 is 2.95 bits per heavy atom. The van der Waals surface area contributed by atoms with Crippen molar-refractivity contribution in [3.05, 3.63) is 23.2 Å². The summed E-state index contributed by atoms with van der Waals surface area (Å²) in [6.45, 7) is 1.92. The van der Waals surface area contributed by atoms with Crippen LogP contribution in [0, 0.1) is 0 Å². The zero-order valence-corrected chi connectivity index (χ0v) is 14.1. The second-order valence-electron chi connectivity index (χ2n) is 5.81. The number of nitrogens with one attached hydrogen (secondary N) is 2. The number of hydrogen-bond acceptors (Lipinski definition) is 3. The number of rotatable bonds is 4. The van der Waals surface area contributed by atoms with Gasteiger partial charge in [0.2, 0.25) is 5.91 Å². The van der Waals surface area contributed by atoms with Crippen LogP contribution in [-0.4, -0.2) is 27.2 Å². The number of imidazole rings is 1. The predicted molar refractivity (Wildman–Crippen MR) is 91.4 cm³/mol. The summed E-state index contributed by atoms with van der Waals surface area (Å²) < 4.78 is 0. The van der Waals surface area contributed by atoms with Crippen molar-refractivity contribution in [2.24, 2.45) is 0 Å². The third kappa shape index (κ3) is 3.76. The fraction of sp³-hybridized carbons (Fsp3) is 0.500. The Morgan fingerprint density at radius 2 is 2.18 bits per heavy atom. The molecule has 2 N–H and O–H groups in total. The van der Waals surface area contributed by atoms with Gasteiger partial charge in [0.1, 0.15) is 0 Å². The third-order valence-electron chi connectivity index (χ3n) is 4.03. The van der Waals surface area contributed by atoms with E-state index in [0.29, 0.717) is 11.1 Å². The number of thioether (sulfide) groups is 1. The van der Waals surface area contributed by atoms with Crippen molar-refractivity contribution in [1.82, 2.24) is 15.3 Å². The van der Waals surface area contributed by atoms with E-state index in [1.54, 1.807) is 0 Å². The van der Waals surface area contributed by atoms with Gasteiger partial charge in [-0.2, -0.15) is 0 Å². The molecular weight excluding hydrogens is 318 g/mol. The minimum absolute atomic E-state index is 0.0930. The molecule has 1 heterocycles. The molecule has 118 valence electrons. The average Bonchev–Trinajstić information content (AvgIpc) is 2.89. The molecule has 1 amide bonds. The molecule has 1 saturated carbocycles. The fourth-order valence-corrected chi connectivity index (χ4v) is 3.80. The molecular formula is C16H20ClN3OS. The lowest BCUT2D eigenvalue weighted by molar-refractivity contribution is -0.121. The highest BCUT2D eigenvalue weighted by atomic mass is 35.5. The van der Waals surface area contributed by atoms with E-state index in [4.69, 9.17) is 11.6 Å². The van der Waals surface area contributed by atoms with Gasteiger partial charge >= 0.3 is 0 Å². The molecule has 1 aliphatic rings. The minimum atomic E-state index is -0.169. The quantitative estimate of drug-likeness (QED) is 0.824. The van der Waals surface area contributed by atoms with Crippen LogP contribution in [0.4, 0.5) is 0 Å². The molecule has 0 spiro atoms. The van der Waals surface area contributed by atoms with Crippen LogP contribution in [0.15, 0.2) is 23.4 Å². The second-order valence-corrected chi connectivity index (χ2v) is 7.57. The van der Waals surface area contributed by atoms with Gasteiger partial charge in [0.25, 0.3) is 0 Å². The van der Waals surface area contributed by atoms with Gasteiger partial charge in [-0.25, -0.2) is 4.98 Å². The van der Waals surface area contributed by atoms with Crippen LogP contribution in [-0.2, 0) is 4.79 Å². The third-order valence-corrected chi connectivity index (χ3v) is 5.25. The summed E-state index contributed by atoms with van der Waals surface area (Å²) >= 11 is 7.42. The van der Waals surface area contributed by atoms with Gasteiger partial charge in [0, 0.05) is 11.1 Å². The summed E-state index contributed by atoms with van der Waals surface area (Å²) in [5, 5.41) is 4.42. The zero-order valence-electron chi connectivity index (χ0n) is 12.6. The van der Waals surface area contributed by atoms with Gasteiger partial charge in [-0.3, -0.25) is 4.79 Å². The smallest absolute Gasteiger partial charge is 0.233 e. The number of fused-ring (bicyclic) bond motifs is 1. The summed E-state index contributed by atoms with van der Waals surface area (Å²) in [6.07, 6.45) is 5.93. The number of nitrogens with zero attached hydrogens (tertiary/aromatic N) is 1. The number of aromatic nitrogens is 2. The summed E-state index contributed by atoms with van der Waals surface area (Å²) in [5.74, 6) is 0.0930. The standard InChI is InChI=1S/C16H20ClN3OS/c1-10(15(21)18-12-5-3-2-4-6-12)22-16-19-13-8-7-11(17)9-14(13)20-16/h7-10,12H,2-6H2,1H3,(H,18,21)(H,19,20). The Morgan fingerprint density at radius 1 is 1.41 bits per heavy atom. The lowest BCUT2D eigenvalue weighted by Gasteiger charge is -2.24. The van der Waals surface area contributed by atoms with Crippen molar-refractivity contribution >= 4 is 40.3 Å². The molecule has 3 rings (SSSR count). The molecule has 1 aromatic heterocycles. The summed E-state index contributed by atoms with van der Waals surface area (Å²) in [6, 6.07) is 5.89. The van der Waals surface area contributed by atoms with E-state index >= 15 is 0 Å². The van der Waals surface area contributed by atoms with E-state index in [-0.39, 0.29) is 11.2 Å². The Kier molecular flexibility index (Phi) is 4.93. The van der Waals surface area contributed by atoms with Crippen molar-refractivity contribution in [2.75, 3.05) is 0 Å². The van der Waals surface area contributed by atoms with E-state index in [2.05, 4.69) is 15.3 Å². The number of amides is 1. The van der Waals surface area contributed by atoms with Crippen LogP contribution in [0.3, 0.4) is 0 Å². The number of H-pyrrole nitrogens is 1. The Labute approximate surface area is 139 Å². The molecule has 1 unspecified atom stereocenters. The molecule has 1 aliphatic carbocycles. The molecule has 0 aliphatic heterocycles. The highest BCUT2D eigenvalue weighted by Crippen LogP contribution is 2.25. The normalized spacial score (nSPS) is 17.5. The van der Waals surface area contributed by atoms with E-state index in [0.717, 1.165) is 29.0 Å². The monoisotopic (exact) mass is 337 g/mol. The van der Waals surface area contributed by atoms with Crippen LogP contribution >= 0.6 is 23.4 Å². The summed E-state index contributed by atoms with van der Waals surface area (Å²) in [4.78, 5) is 20.0. The highest BCUT2D eigenvalue weighted by Gasteiger charge is 2.21. The maximum Gasteiger partial charge on any atom is 0.233 e. The van der Waals surface area contributed by atoms with Gasteiger partial charge in [0.05, 0.1) is 16.3 Å². The van der Waals surface area contributed by atoms with Crippen LogP contribution in [0.25, 0.3) is 11.0 Å². The Hall–Kier alpha value is -1.20. The second kappa shape index (κ2) is 6.92. The molecule has 6 heteroatoms. The average molecular weight is 338 g/mol. The van der Waals surface area contributed by atoms with E-state index in [9.17, 15) is 4.79 Å². The number of hydrogen-bond donors (Lipinski definition) is 2.